The van der Waals surface area contributed by atoms with Crippen molar-refractivity contribution in [1.29, 1.82) is 0 Å². The lowest BCUT2D eigenvalue weighted by molar-refractivity contribution is 0.318. The van der Waals surface area contributed by atoms with Gasteiger partial charge in [0.2, 0.25) is 10.0 Å². The highest BCUT2D eigenvalue weighted by Crippen LogP contribution is 2.26. The monoisotopic (exact) mass is 241 g/mol. The van der Waals surface area contributed by atoms with E-state index < -0.39 is 10.0 Å². The maximum absolute atomic E-state index is 11.3. The highest BCUT2D eigenvalue weighted by molar-refractivity contribution is 7.88. The summed E-state index contributed by atoms with van der Waals surface area (Å²) in [6.07, 6.45) is 6.20. The van der Waals surface area contributed by atoms with Gasteiger partial charge in [-0.3, -0.25) is 0 Å². The maximum atomic E-state index is 11.3. The highest BCUT2D eigenvalue weighted by atomic mass is 32.2. The summed E-state index contributed by atoms with van der Waals surface area (Å²) < 4.78 is 24.2. The molecular formula is C10H15N3O2S. The van der Waals surface area contributed by atoms with Gasteiger partial charge in [0.15, 0.2) is 0 Å². The highest BCUT2D eigenvalue weighted by Gasteiger charge is 2.26. The second kappa shape index (κ2) is 4.47. The molecule has 0 bridgehead atoms. The Balaban J connectivity index is 2.01. The minimum absolute atomic E-state index is 0.362. The minimum Gasteiger partial charge on any atom is -0.245 e. The van der Waals surface area contributed by atoms with Gasteiger partial charge in [0.25, 0.3) is 0 Å². The lowest BCUT2D eigenvalue weighted by Crippen LogP contribution is -2.37. The molecule has 0 N–H and O–H groups in total. The molecule has 0 spiro atoms. The first kappa shape index (κ1) is 11.5. The van der Waals surface area contributed by atoms with Crippen LogP contribution in [0.5, 0.6) is 0 Å². The summed E-state index contributed by atoms with van der Waals surface area (Å²) in [5.41, 5.74) is 1.02. The topological polar surface area (TPSA) is 63.2 Å². The molecular weight excluding hydrogens is 226 g/mol. The summed E-state index contributed by atoms with van der Waals surface area (Å²) in [5, 5.41) is 0. The van der Waals surface area contributed by atoms with E-state index in [2.05, 4.69) is 9.97 Å². The third-order valence-electron chi connectivity index (χ3n) is 2.95. The maximum Gasteiger partial charge on any atom is 0.211 e. The van der Waals surface area contributed by atoms with E-state index >= 15 is 0 Å². The van der Waals surface area contributed by atoms with E-state index in [4.69, 9.17) is 0 Å². The summed E-state index contributed by atoms with van der Waals surface area (Å²) in [7, 11) is -3.03. The molecule has 1 aliphatic rings. The van der Waals surface area contributed by atoms with Crippen molar-refractivity contribution >= 4 is 10.0 Å². The lowest BCUT2D eigenvalue weighted by Gasteiger charge is -2.29. The zero-order valence-corrected chi connectivity index (χ0v) is 10.0. The van der Waals surface area contributed by atoms with Crippen molar-refractivity contribution in [3.05, 3.63) is 24.3 Å². The average Bonchev–Trinajstić information content (AvgIpc) is 2.29. The van der Waals surface area contributed by atoms with E-state index in [1.165, 1.54) is 16.9 Å². The smallest absolute Gasteiger partial charge is 0.211 e. The Bertz CT molecular complexity index is 438. The second-order valence-corrected chi connectivity index (χ2v) is 6.05. The van der Waals surface area contributed by atoms with Crippen molar-refractivity contribution in [2.45, 2.75) is 18.8 Å². The molecule has 0 radical (unpaired) electrons. The number of sulfonamides is 1. The molecule has 1 saturated heterocycles. The molecule has 88 valence electrons. The van der Waals surface area contributed by atoms with Gasteiger partial charge in [0.1, 0.15) is 6.33 Å². The fraction of sp³-hybridized carbons (Fsp3) is 0.600. The van der Waals surface area contributed by atoms with E-state index in [0.29, 0.717) is 19.0 Å². The van der Waals surface area contributed by atoms with Crippen LogP contribution < -0.4 is 0 Å². The van der Waals surface area contributed by atoms with Crippen LogP contribution in [0.15, 0.2) is 18.6 Å². The van der Waals surface area contributed by atoms with Gasteiger partial charge >= 0.3 is 0 Å². The van der Waals surface area contributed by atoms with Gasteiger partial charge in [-0.25, -0.2) is 22.7 Å². The van der Waals surface area contributed by atoms with Crippen molar-refractivity contribution in [2.75, 3.05) is 19.3 Å². The van der Waals surface area contributed by atoms with Crippen LogP contribution in [0.1, 0.15) is 24.5 Å². The van der Waals surface area contributed by atoms with Gasteiger partial charge in [-0.05, 0) is 18.9 Å². The fourth-order valence-electron chi connectivity index (χ4n) is 2.03. The average molecular weight is 241 g/mol. The van der Waals surface area contributed by atoms with Crippen molar-refractivity contribution in [3.8, 4) is 0 Å². The third kappa shape index (κ3) is 2.56. The van der Waals surface area contributed by atoms with Crippen LogP contribution in [0, 0.1) is 0 Å². The zero-order valence-electron chi connectivity index (χ0n) is 9.20. The Morgan fingerprint density at radius 2 is 2.06 bits per heavy atom. The van der Waals surface area contributed by atoms with Crippen LogP contribution in [0.3, 0.4) is 0 Å². The zero-order chi connectivity index (χ0) is 11.6. The standard InChI is InChI=1S/C10H15N3O2S/c1-16(14,15)13-6-3-9(4-7-13)10-2-5-11-8-12-10/h2,5,8-9H,3-4,6-7H2,1H3. The number of piperidine rings is 1. The van der Waals surface area contributed by atoms with Crippen LogP contribution in [-0.2, 0) is 10.0 Å². The molecule has 16 heavy (non-hydrogen) atoms. The number of nitrogens with zero attached hydrogens (tertiary/aromatic N) is 3. The molecule has 1 aliphatic heterocycles. The predicted octanol–water partition coefficient (Wildman–Crippen LogP) is 0.616. The summed E-state index contributed by atoms with van der Waals surface area (Å²) in [6.45, 7) is 1.18. The number of aromatic nitrogens is 2. The number of hydrogen-bond acceptors (Lipinski definition) is 4. The quantitative estimate of drug-likeness (QED) is 0.761. The Hall–Kier alpha value is -1.01. The SMILES string of the molecule is CS(=O)(=O)N1CCC(c2ccncn2)CC1. The summed E-state index contributed by atoms with van der Waals surface area (Å²) in [4.78, 5) is 8.09. The van der Waals surface area contributed by atoms with Gasteiger partial charge in [-0.15, -0.1) is 0 Å². The second-order valence-electron chi connectivity index (χ2n) is 4.07. The molecule has 0 unspecified atom stereocenters. The van der Waals surface area contributed by atoms with Crippen molar-refractivity contribution in [2.24, 2.45) is 0 Å². The van der Waals surface area contributed by atoms with Gasteiger partial charge < -0.3 is 0 Å². The molecule has 0 saturated carbocycles. The van der Waals surface area contributed by atoms with Crippen LogP contribution in [0.25, 0.3) is 0 Å². The van der Waals surface area contributed by atoms with E-state index in [0.717, 1.165) is 18.5 Å². The Morgan fingerprint density at radius 1 is 1.38 bits per heavy atom. The Morgan fingerprint density at radius 3 is 2.56 bits per heavy atom. The first-order chi connectivity index (χ1) is 7.57. The molecule has 0 aliphatic carbocycles. The molecule has 2 rings (SSSR count). The molecule has 6 heteroatoms. The molecule has 0 atom stereocenters. The molecule has 0 amide bonds. The molecule has 1 aromatic rings. The molecule has 1 fully saturated rings. The van der Waals surface area contributed by atoms with Crippen molar-refractivity contribution in [1.82, 2.24) is 14.3 Å². The predicted molar refractivity (Wildman–Crippen MR) is 60.4 cm³/mol. The van der Waals surface area contributed by atoms with E-state index in [1.54, 1.807) is 6.20 Å². The molecule has 5 nitrogen and oxygen atoms in total. The fourth-order valence-corrected chi connectivity index (χ4v) is 2.90. The minimum atomic E-state index is -3.03. The normalized spacial score (nSPS) is 19.8. The Labute approximate surface area is 95.6 Å². The molecule has 2 heterocycles. The number of rotatable bonds is 2. The first-order valence-electron chi connectivity index (χ1n) is 5.28. The largest absolute Gasteiger partial charge is 0.245 e. The first-order valence-corrected chi connectivity index (χ1v) is 7.13. The summed E-state index contributed by atoms with van der Waals surface area (Å²) >= 11 is 0. The van der Waals surface area contributed by atoms with Gasteiger partial charge in [-0.1, -0.05) is 0 Å². The lowest BCUT2D eigenvalue weighted by atomic mass is 9.94. The van der Waals surface area contributed by atoms with Gasteiger partial charge in [0, 0.05) is 30.9 Å². The molecule has 1 aromatic heterocycles. The van der Waals surface area contributed by atoms with E-state index in [1.807, 2.05) is 6.07 Å². The van der Waals surface area contributed by atoms with E-state index in [9.17, 15) is 8.42 Å². The van der Waals surface area contributed by atoms with E-state index in [-0.39, 0.29) is 0 Å². The van der Waals surface area contributed by atoms with Crippen LogP contribution in [-0.4, -0.2) is 42.0 Å². The van der Waals surface area contributed by atoms with Gasteiger partial charge in [0.05, 0.1) is 6.26 Å². The van der Waals surface area contributed by atoms with Crippen LogP contribution in [0.2, 0.25) is 0 Å². The van der Waals surface area contributed by atoms with Crippen molar-refractivity contribution in [3.63, 3.8) is 0 Å². The summed E-state index contributed by atoms with van der Waals surface area (Å²) in [6, 6.07) is 1.90. The summed E-state index contributed by atoms with van der Waals surface area (Å²) in [5.74, 6) is 0.362. The third-order valence-corrected chi connectivity index (χ3v) is 4.25. The number of hydrogen-bond donors (Lipinski definition) is 0. The van der Waals surface area contributed by atoms with Crippen molar-refractivity contribution < 1.29 is 8.42 Å². The molecule has 0 aromatic carbocycles. The van der Waals surface area contributed by atoms with Crippen LogP contribution in [0.4, 0.5) is 0 Å². The van der Waals surface area contributed by atoms with Crippen LogP contribution >= 0.6 is 0 Å². The Kier molecular flexibility index (Phi) is 3.20. The van der Waals surface area contributed by atoms with Gasteiger partial charge in [-0.2, -0.15) is 0 Å².